The van der Waals surface area contributed by atoms with E-state index in [1.54, 1.807) is 23.0 Å². The van der Waals surface area contributed by atoms with E-state index in [0.717, 1.165) is 29.5 Å². The minimum atomic E-state index is 0.0122. The number of hydrogen-bond donors (Lipinski definition) is 0. The maximum atomic E-state index is 12.8. The van der Waals surface area contributed by atoms with Gasteiger partial charge in [0.15, 0.2) is 10.9 Å². The molecular formula is C18H19N3O2S2. The van der Waals surface area contributed by atoms with Gasteiger partial charge in [0, 0.05) is 25.2 Å². The molecule has 0 aromatic carbocycles. The second-order valence-electron chi connectivity index (χ2n) is 6.37. The zero-order chi connectivity index (χ0) is 17.6. The van der Waals surface area contributed by atoms with Gasteiger partial charge in [0.1, 0.15) is 4.83 Å². The summed E-state index contributed by atoms with van der Waals surface area (Å²) in [4.78, 5) is 32.0. The molecule has 0 unspecified atom stereocenters. The van der Waals surface area contributed by atoms with Crippen molar-refractivity contribution >= 4 is 39.1 Å². The van der Waals surface area contributed by atoms with E-state index in [9.17, 15) is 9.59 Å². The van der Waals surface area contributed by atoms with Gasteiger partial charge in [-0.05, 0) is 43.4 Å². The zero-order valence-electron chi connectivity index (χ0n) is 14.2. The van der Waals surface area contributed by atoms with Crippen molar-refractivity contribution in [3.63, 3.8) is 0 Å². The van der Waals surface area contributed by atoms with E-state index in [0.29, 0.717) is 10.9 Å². The second-order valence-corrected chi connectivity index (χ2v) is 8.39. The van der Waals surface area contributed by atoms with E-state index in [2.05, 4.69) is 0 Å². The summed E-state index contributed by atoms with van der Waals surface area (Å²) in [6, 6.07) is 3.67. The third-order valence-corrected chi connectivity index (χ3v) is 6.93. The number of Topliss-reactive ketones (excluding diaryl/α,β-unsaturated/α-hetero) is 1. The van der Waals surface area contributed by atoms with Crippen LogP contribution < -0.4 is 5.56 Å². The highest BCUT2D eigenvalue weighted by molar-refractivity contribution is 7.99. The van der Waals surface area contributed by atoms with Gasteiger partial charge in [0.2, 0.25) is 0 Å². The first-order chi connectivity index (χ1) is 12.1. The molecule has 1 aliphatic rings. The van der Waals surface area contributed by atoms with Crippen molar-refractivity contribution in [2.75, 3.05) is 5.75 Å². The molecule has 7 heteroatoms. The van der Waals surface area contributed by atoms with Gasteiger partial charge in [-0.25, -0.2) is 4.98 Å². The first kappa shape index (κ1) is 16.6. The van der Waals surface area contributed by atoms with Gasteiger partial charge in [0.25, 0.3) is 5.56 Å². The van der Waals surface area contributed by atoms with Gasteiger partial charge >= 0.3 is 0 Å². The van der Waals surface area contributed by atoms with Crippen LogP contribution in [0.3, 0.4) is 0 Å². The number of nitrogens with zero attached hydrogens (tertiary/aromatic N) is 3. The minimum absolute atomic E-state index is 0.0122. The van der Waals surface area contributed by atoms with Crippen LogP contribution in [0.5, 0.6) is 0 Å². The molecule has 0 amide bonds. The monoisotopic (exact) mass is 373 g/mol. The second kappa shape index (κ2) is 6.46. The quantitative estimate of drug-likeness (QED) is 0.400. The maximum Gasteiger partial charge on any atom is 0.262 e. The number of thioether (sulfide) groups is 1. The number of aryl methyl sites for hydroxylation is 3. The molecule has 25 heavy (non-hydrogen) atoms. The Morgan fingerprint density at radius 3 is 2.88 bits per heavy atom. The Morgan fingerprint density at radius 1 is 1.32 bits per heavy atom. The highest BCUT2D eigenvalue weighted by atomic mass is 32.2. The summed E-state index contributed by atoms with van der Waals surface area (Å²) in [5, 5.41) is 1.40. The van der Waals surface area contributed by atoms with Crippen LogP contribution in [-0.2, 0) is 26.9 Å². The van der Waals surface area contributed by atoms with Gasteiger partial charge in [-0.2, -0.15) is 0 Å². The lowest BCUT2D eigenvalue weighted by Crippen LogP contribution is -2.21. The molecule has 5 nitrogen and oxygen atoms in total. The predicted octanol–water partition coefficient (Wildman–Crippen LogP) is 3.19. The molecule has 0 saturated heterocycles. The molecule has 0 N–H and O–H groups in total. The maximum absolute atomic E-state index is 12.8. The van der Waals surface area contributed by atoms with E-state index < -0.39 is 0 Å². The molecule has 3 aromatic rings. The van der Waals surface area contributed by atoms with Crippen molar-refractivity contribution < 1.29 is 4.79 Å². The summed E-state index contributed by atoms with van der Waals surface area (Å²) in [6.45, 7) is 0. The molecule has 0 aliphatic heterocycles. The Bertz CT molecular complexity index is 1030. The summed E-state index contributed by atoms with van der Waals surface area (Å²) < 4.78 is 3.40. The number of thiophene rings is 1. The highest BCUT2D eigenvalue weighted by Crippen LogP contribution is 2.34. The van der Waals surface area contributed by atoms with Gasteiger partial charge < -0.3 is 4.57 Å². The Hall–Kier alpha value is -1.86. The van der Waals surface area contributed by atoms with Crippen LogP contribution >= 0.6 is 23.1 Å². The first-order valence-corrected chi connectivity index (χ1v) is 10.1. The zero-order valence-corrected chi connectivity index (χ0v) is 15.9. The summed E-state index contributed by atoms with van der Waals surface area (Å²) in [5.74, 6) is 0.312. The average Bonchev–Trinajstić information content (AvgIpc) is 3.19. The number of rotatable bonds is 4. The molecule has 0 radical (unpaired) electrons. The number of ketones is 1. The molecule has 1 aliphatic carbocycles. The third-order valence-electron chi connectivity index (χ3n) is 4.72. The van der Waals surface area contributed by atoms with E-state index in [1.807, 2.05) is 29.9 Å². The fraction of sp³-hybridized carbons (Fsp3) is 0.389. The van der Waals surface area contributed by atoms with Crippen molar-refractivity contribution in [1.29, 1.82) is 0 Å². The van der Waals surface area contributed by atoms with E-state index in [-0.39, 0.29) is 17.1 Å². The van der Waals surface area contributed by atoms with E-state index >= 15 is 0 Å². The molecule has 0 spiro atoms. The molecule has 0 atom stereocenters. The number of fused-ring (bicyclic) bond motifs is 3. The smallest absolute Gasteiger partial charge is 0.262 e. The van der Waals surface area contributed by atoms with Gasteiger partial charge in [0.05, 0.1) is 16.8 Å². The van der Waals surface area contributed by atoms with Gasteiger partial charge in [-0.3, -0.25) is 14.2 Å². The fourth-order valence-corrected chi connectivity index (χ4v) is 5.50. The summed E-state index contributed by atoms with van der Waals surface area (Å²) >= 11 is 2.98. The Labute approximate surface area is 153 Å². The van der Waals surface area contributed by atoms with Crippen molar-refractivity contribution in [2.45, 2.75) is 30.8 Å². The predicted molar refractivity (Wildman–Crippen MR) is 102 cm³/mol. The van der Waals surface area contributed by atoms with Crippen LogP contribution in [0.25, 0.3) is 10.2 Å². The molecule has 3 heterocycles. The standard InChI is InChI=1S/C18H19N3O2S2/c1-20-9-5-7-12(20)13(22)10-24-18-19-16-15(17(23)21(18)2)11-6-3-4-8-14(11)25-16/h5,7,9H,3-4,6,8,10H2,1-2H3. The number of aromatic nitrogens is 3. The minimum Gasteiger partial charge on any atom is -0.348 e. The first-order valence-electron chi connectivity index (χ1n) is 8.35. The molecule has 0 bridgehead atoms. The number of carbonyl (C=O) groups excluding carboxylic acids is 1. The van der Waals surface area contributed by atoms with Crippen LogP contribution in [0, 0.1) is 0 Å². The topological polar surface area (TPSA) is 56.9 Å². The Balaban J connectivity index is 1.66. The van der Waals surface area contributed by atoms with Crippen LogP contribution in [0.2, 0.25) is 0 Å². The molecule has 4 rings (SSSR count). The largest absolute Gasteiger partial charge is 0.348 e. The summed E-state index contributed by atoms with van der Waals surface area (Å²) in [7, 11) is 3.60. The number of carbonyl (C=O) groups is 1. The van der Waals surface area contributed by atoms with Crippen molar-refractivity contribution in [1.82, 2.24) is 14.1 Å². The Kier molecular flexibility index (Phi) is 4.29. The van der Waals surface area contributed by atoms with E-state index in [1.165, 1.54) is 28.6 Å². The van der Waals surface area contributed by atoms with Gasteiger partial charge in [-0.15, -0.1) is 11.3 Å². The molecule has 0 saturated carbocycles. The average molecular weight is 374 g/mol. The molecular weight excluding hydrogens is 354 g/mol. The molecule has 3 aromatic heterocycles. The van der Waals surface area contributed by atoms with Crippen LogP contribution in [0.4, 0.5) is 0 Å². The Morgan fingerprint density at radius 2 is 2.12 bits per heavy atom. The SMILES string of the molecule is Cn1cccc1C(=O)CSc1nc2sc3c(c2c(=O)n1C)CCCC3. The highest BCUT2D eigenvalue weighted by Gasteiger charge is 2.21. The molecule has 130 valence electrons. The normalized spacial score (nSPS) is 14.0. The van der Waals surface area contributed by atoms with Gasteiger partial charge in [-0.1, -0.05) is 11.8 Å². The third kappa shape index (κ3) is 2.85. The van der Waals surface area contributed by atoms with Crippen molar-refractivity contribution in [3.05, 3.63) is 44.8 Å². The lowest BCUT2D eigenvalue weighted by atomic mass is 9.97. The van der Waals surface area contributed by atoms with Crippen LogP contribution in [-0.4, -0.2) is 25.7 Å². The fourth-order valence-electron chi connectivity index (χ4n) is 3.35. The summed E-state index contributed by atoms with van der Waals surface area (Å²) in [6.07, 6.45) is 6.21. The van der Waals surface area contributed by atoms with Crippen LogP contribution in [0.1, 0.15) is 33.8 Å². The number of hydrogen-bond acceptors (Lipinski definition) is 5. The van der Waals surface area contributed by atoms with Crippen molar-refractivity contribution in [3.8, 4) is 0 Å². The van der Waals surface area contributed by atoms with Crippen LogP contribution in [0.15, 0.2) is 28.3 Å². The van der Waals surface area contributed by atoms with E-state index in [4.69, 9.17) is 4.98 Å². The molecule has 0 fully saturated rings. The summed E-state index contributed by atoms with van der Waals surface area (Å²) in [5.41, 5.74) is 1.89. The lowest BCUT2D eigenvalue weighted by Gasteiger charge is -2.10. The lowest BCUT2D eigenvalue weighted by molar-refractivity contribution is 0.101. The van der Waals surface area contributed by atoms with Crippen molar-refractivity contribution in [2.24, 2.45) is 14.1 Å².